The van der Waals surface area contributed by atoms with E-state index in [1.54, 1.807) is 35.6 Å². The Morgan fingerprint density at radius 1 is 0.917 bits per heavy atom. The Morgan fingerprint density at radius 3 is 2.15 bits per heavy atom. The molecule has 72 heavy (non-hydrogen) atoms. The van der Waals surface area contributed by atoms with E-state index in [4.69, 9.17) is 21.7 Å². The highest BCUT2D eigenvalue weighted by Gasteiger charge is 2.51. The fourth-order valence-corrected chi connectivity index (χ4v) is 10.1. The monoisotopic (exact) mass is 1030 g/mol. The second-order valence-corrected chi connectivity index (χ2v) is 20.6. The zero-order chi connectivity index (χ0) is 52.1. The number of hydrogen-bond donors (Lipinski definition) is 4. The maximum absolute atomic E-state index is 14.0. The first-order valence-corrected chi connectivity index (χ1v) is 24.9. The summed E-state index contributed by atoms with van der Waals surface area (Å²) in [4.78, 5) is 63.8. The molecule has 2 aliphatic rings. The molecule has 4 amide bonds. The minimum absolute atomic E-state index is 0.0258. The number of rotatable bonds is 18. The van der Waals surface area contributed by atoms with E-state index in [-0.39, 0.29) is 55.1 Å². The molecule has 0 bridgehead atoms. The van der Waals surface area contributed by atoms with E-state index >= 15 is 0 Å². The van der Waals surface area contributed by atoms with Crippen LogP contribution in [0.3, 0.4) is 0 Å². The van der Waals surface area contributed by atoms with Crippen LogP contribution < -0.4 is 30.5 Å². The van der Waals surface area contributed by atoms with Crippen LogP contribution in [0.25, 0.3) is 21.6 Å². The van der Waals surface area contributed by atoms with Crippen LogP contribution in [0.2, 0.25) is 0 Å². The van der Waals surface area contributed by atoms with E-state index in [1.807, 2.05) is 100 Å². The molecule has 4 aromatic carbocycles. The molecule has 4 N–H and O–H groups in total. The van der Waals surface area contributed by atoms with Gasteiger partial charge in [-0.05, 0) is 116 Å². The van der Waals surface area contributed by atoms with Crippen molar-refractivity contribution in [3.05, 3.63) is 113 Å². The highest BCUT2D eigenvalue weighted by Crippen LogP contribution is 2.41. The van der Waals surface area contributed by atoms with Crippen LogP contribution in [-0.2, 0) is 36.6 Å². The lowest BCUT2D eigenvalue weighted by molar-refractivity contribution is -0.144. The summed E-state index contributed by atoms with van der Waals surface area (Å²) in [6, 6.07) is 24.5. The molecular formula is C53H60F3N7O7S2. The number of ether oxygens (including phenoxy) is 2. The number of thiocarbonyl (C=S) groups is 1. The van der Waals surface area contributed by atoms with Crippen LogP contribution in [0.15, 0.2) is 96.5 Å². The number of aromatic nitrogens is 1. The summed E-state index contributed by atoms with van der Waals surface area (Å²) in [6.45, 7) is 11.4. The number of carbonyl (C=O) groups excluding carboxylic acids is 4. The third-order valence-electron chi connectivity index (χ3n) is 12.7. The summed E-state index contributed by atoms with van der Waals surface area (Å²) < 4.78 is 53.2. The van der Waals surface area contributed by atoms with Gasteiger partial charge in [0.15, 0.2) is 5.11 Å². The van der Waals surface area contributed by atoms with Crippen LogP contribution >= 0.6 is 23.6 Å². The van der Waals surface area contributed by atoms with Crippen molar-refractivity contribution >= 4 is 69.4 Å². The maximum Gasteiger partial charge on any atom is 0.418 e. The molecule has 5 aromatic rings. The van der Waals surface area contributed by atoms with Gasteiger partial charge in [-0.3, -0.25) is 24.1 Å². The number of thiazole rings is 1. The van der Waals surface area contributed by atoms with Gasteiger partial charge in [0, 0.05) is 44.5 Å². The van der Waals surface area contributed by atoms with Crippen molar-refractivity contribution in [2.24, 2.45) is 5.41 Å². The Morgan fingerprint density at radius 2 is 1.54 bits per heavy atom. The zero-order valence-electron chi connectivity index (χ0n) is 41.3. The van der Waals surface area contributed by atoms with E-state index in [1.165, 1.54) is 24.1 Å². The molecule has 7 rings (SSSR count). The number of anilines is 3. The lowest BCUT2D eigenvalue weighted by atomic mass is 9.85. The van der Waals surface area contributed by atoms with Crippen molar-refractivity contribution < 1.29 is 46.9 Å². The van der Waals surface area contributed by atoms with E-state index in [2.05, 4.69) is 20.9 Å². The number of hydrogen-bond acceptors (Lipinski definition) is 11. The fraction of sp³-hybridized carbons (Fsp3) is 0.396. The van der Waals surface area contributed by atoms with Crippen LogP contribution in [-0.4, -0.2) is 101 Å². The van der Waals surface area contributed by atoms with Gasteiger partial charge < -0.3 is 40.3 Å². The highest BCUT2D eigenvalue weighted by molar-refractivity contribution is 7.81. The molecule has 0 saturated carbocycles. The lowest BCUT2D eigenvalue weighted by Gasteiger charge is -2.35. The van der Waals surface area contributed by atoms with Crippen molar-refractivity contribution in [2.45, 2.75) is 97.3 Å². The van der Waals surface area contributed by atoms with E-state index in [0.29, 0.717) is 30.9 Å². The summed E-state index contributed by atoms with van der Waals surface area (Å²) in [5.41, 5.74) is 4.18. The standard InChI is InChI=1S/C53H60F3N7O7S2/c1-32-45(72-31-59-32)36-12-10-33(11-13-36)28-58-47(66)43-27-39(64)29-61(43)48(67)46(51(2,3)4)60-44(65)30-69-24-8-9-25-70-40-21-16-35(17-22-40)34-14-18-37(19-15-34)63-50(71)62(49(68)52(63,5)6)38-20-23-42(57-7)41(26-38)53(54,55)56/h10-23,26,31,39,43,46,57,64H,8-9,24-25,27-30H2,1-7H3,(H,58,66)(H,60,65)/t39-,43?,46-/m1/s1. The number of likely N-dealkylation sites (tertiary alicyclic amines) is 1. The predicted molar refractivity (Wildman–Crippen MR) is 277 cm³/mol. The van der Waals surface area contributed by atoms with Crippen molar-refractivity contribution in [3.63, 3.8) is 0 Å². The topological polar surface area (TPSA) is 166 Å². The van der Waals surface area contributed by atoms with Crippen LogP contribution in [0.1, 0.15) is 70.7 Å². The third kappa shape index (κ3) is 12.1. The molecule has 2 saturated heterocycles. The molecule has 3 atom stereocenters. The predicted octanol–water partition coefficient (Wildman–Crippen LogP) is 8.75. The molecule has 0 radical (unpaired) electrons. The van der Waals surface area contributed by atoms with Gasteiger partial charge in [-0.1, -0.05) is 69.3 Å². The average Bonchev–Trinajstić information content (AvgIpc) is 4.01. The number of amides is 4. The van der Waals surface area contributed by atoms with Gasteiger partial charge in [0.05, 0.1) is 40.0 Å². The SMILES string of the molecule is CNc1ccc(N2C(=O)C(C)(C)N(c3ccc(-c4ccc(OCCCCOCC(=O)N[C@H](C(=O)N5C[C@H](O)CC5C(=O)NCc5ccc(-c6scnc6C)cc5)C(C)(C)C)cc4)cc3)C2=S)cc1C(F)(F)F. The molecule has 14 nitrogen and oxygen atoms in total. The van der Waals surface area contributed by atoms with Crippen LogP contribution in [0.4, 0.5) is 30.2 Å². The zero-order valence-corrected chi connectivity index (χ0v) is 42.9. The number of carbonyl (C=O) groups is 4. The molecule has 1 unspecified atom stereocenters. The van der Waals surface area contributed by atoms with Crippen LogP contribution in [0, 0.1) is 12.3 Å². The first kappa shape index (κ1) is 53.4. The Hall–Kier alpha value is -6.41. The highest BCUT2D eigenvalue weighted by atomic mass is 32.1. The summed E-state index contributed by atoms with van der Waals surface area (Å²) in [6.07, 6.45) is -4.20. The number of nitrogens with zero attached hydrogens (tertiary/aromatic N) is 4. The minimum Gasteiger partial charge on any atom is -0.494 e. The van der Waals surface area contributed by atoms with Crippen molar-refractivity contribution in [1.82, 2.24) is 20.5 Å². The second-order valence-electron chi connectivity index (χ2n) is 19.4. The van der Waals surface area contributed by atoms with Gasteiger partial charge >= 0.3 is 6.18 Å². The summed E-state index contributed by atoms with van der Waals surface area (Å²) >= 11 is 7.28. The first-order chi connectivity index (χ1) is 34.1. The molecule has 0 spiro atoms. The number of aliphatic hydroxyl groups excluding tert-OH is 1. The van der Waals surface area contributed by atoms with Gasteiger partial charge in [-0.2, -0.15) is 13.2 Å². The Labute approximate surface area is 426 Å². The van der Waals surface area contributed by atoms with Gasteiger partial charge in [-0.25, -0.2) is 4.98 Å². The normalized spacial score (nSPS) is 17.3. The van der Waals surface area contributed by atoms with Crippen molar-refractivity contribution in [1.29, 1.82) is 0 Å². The number of halogens is 3. The average molecular weight is 1030 g/mol. The summed E-state index contributed by atoms with van der Waals surface area (Å²) in [5, 5.41) is 18.9. The minimum atomic E-state index is -4.65. The number of aliphatic hydroxyl groups is 1. The molecular weight excluding hydrogens is 968 g/mol. The number of alkyl halides is 3. The lowest BCUT2D eigenvalue weighted by Crippen LogP contribution is -2.58. The van der Waals surface area contributed by atoms with Gasteiger partial charge in [0.25, 0.3) is 5.91 Å². The molecule has 3 heterocycles. The largest absolute Gasteiger partial charge is 0.494 e. The molecule has 2 aliphatic heterocycles. The van der Waals surface area contributed by atoms with Crippen molar-refractivity contribution in [3.8, 4) is 27.3 Å². The van der Waals surface area contributed by atoms with Gasteiger partial charge in [0.2, 0.25) is 17.7 Å². The second kappa shape index (κ2) is 22.1. The maximum atomic E-state index is 14.0. The molecule has 382 valence electrons. The van der Waals surface area contributed by atoms with E-state index in [0.717, 1.165) is 43.8 Å². The Balaban J connectivity index is 0.840. The smallest absolute Gasteiger partial charge is 0.418 e. The molecule has 2 fully saturated rings. The van der Waals surface area contributed by atoms with Gasteiger partial charge in [0.1, 0.15) is 30.0 Å². The third-order valence-corrected chi connectivity index (χ3v) is 14.1. The number of aryl methyl sites for hydroxylation is 1. The molecule has 19 heteroatoms. The Bertz CT molecular complexity index is 2760. The molecule has 1 aromatic heterocycles. The number of unbranched alkanes of at least 4 members (excludes halogenated alkanes) is 1. The van der Waals surface area contributed by atoms with E-state index in [9.17, 15) is 37.5 Å². The van der Waals surface area contributed by atoms with Crippen molar-refractivity contribution in [2.75, 3.05) is 48.5 Å². The molecule has 0 aliphatic carbocycles. The number of β-amino-alcohol motifs (C(OH)–C–C–N with tert-alkyl or cyclic N) is 1. The van der Waals surface area contributed by atoms with Crippen LogP contribution in [0.5, 0.6) is 5.75 Å². The number of benzene rings is 4. The van der Waals surface area contributed by atoms with E-state index < -0.39 is 58.6 Å². The fourth-order valence-electron chi connectivity index (χ4n) is 8.77. The number of nitrogens with one attached hydrogen (secondary N) is 3. The summed E-state index contributed by atoms with van der Waals surface area (Å²) in [5.74, 6) is -1.11. The quantitative estimate of drug-likeness (QED) is 0.0490. The van der Waals surface area contributed by atoms with Gasteiger partial charge in [-0.15, -0.1) is 11.3 Å². The Kier molecular flexibility index (Phi) is 16.4. The first-order valence-electron chi connectivity index (χ1n) is 23.6. The summed E-state index contributed by atoms with van der Waals surface area (Å²) in [7, 11) is 1.40.